The lowest BCUT2D eigenvalue weighted by molar-refractivity contribution is 0.0680. The first kappa shape index (κ1) is 22.1. The predicted octanol–water partition coefficient (Wildman–Crippen LogP) is 3.00. The highest BCUT2D eigenvalue weighted by molar-refractivity contribution is 7.89. The van der Waals surface area contributed by atoms with Crippen molar-refractivity contribution in [1.29, 1.82) is 0 Å². The molecule has 28 heavy (non-hydrogen) atoms. The van der Waals surface area contributed by atoms with Crippen molar-refractivity contribution in [3.63, 3.8) is 0 Å². The molecule has 0 heterocycles. The van der Waals surface area contributed by atoms with Crippen LogP contribution < -0.4 is 0 Å². The van der Waals surface area contributed by atoms with Crippen LogP contribution in [0.25, 0.3) is 0 Å². The third-order valence-electron chi connectivity index (χ3n) is 4.55. The molecule has 0 bridgehead atoms. The number of hydrogen-bond acceptors (Lipinski definition) is 4. The van der Waals surface area contributed by atoms with Crippen molar-refractivity contribution < 1.29 is 17.9 Å². The van der Waals surface area contributed by atoms with Gasteiger partial charge in [-0.05, 0) is 37.6 Å². The molecule has 0 aliphatic rings. The summed E-state index contributed by atoms with van der Waals surface area (Å²) in [6.45, 7) is 4.84. The number of sulfonamides is 1. The summed E-state index contributed by atoms with van der Waals surface area (Å²) in [5.74, 6) is -0.231. The van der Waals surface area contributed by atoms with E-state index in [-0.39, 0.29) is 16.8 Å². The molecule has 152 valence electrons. The molecule has 0 aliphatic heterocycles. The van der Waals surface area contributed by atoms with Gasteiger partial charge in [-0.1, -0.05) is 36.4 Å². The average molecular weight is 405 g/mol. The summed E-state index contributed by atoms with van der Waals surface area (Å²) in [6.07, 6.45) is 0. The number of methoxy groups -OCH3 is 1. The second-order valence-electron chi connectivity index (χ2n) is 6.85. The summed E-state index contributed by atoms with van der Waals surface area (Å²) in [4.78, 5) is 14.9. The van der Waals surface area contributed by atoms with Crippen LogP contribution in [-0.4, -0.2) is 56.9 Å². The molecule has 2 aromatic rings. The fourth-order valence-corrected chi connectivity index (χ4v) is 4.09. The molecular weight excluding hydrogens is 376 g/mol. The van der Waals surface area contributed by atoms with Crippen molar-refractivity contribution in [2.24, 2.45) is 0 Å². The topological polar surface area (TPSA) is 66.9 Å². The van der Waals surface area contributed by atoms with Crippen molar-refractivity contribution in [2.75, 3.05) is 27.3 Å². The molecule has 1 amide bonds. The first-order chi connectivity index (χ1) is 13.3. The smallest absolute Gasteiger partial charge is 0.254 e. The lowest BCUT2D eigenvalue weighted by atomic mass is 10.1. The van der Waals surface area contributed by atoms with Crippen LogP contribution in [0.15, 0.2) is 59.5 Å². The van der Waals surface area contributed by atoms with Gasteiger partial charge in [0.25, 0.3) is 5.91 Å². The van der Waals surface area contributed by atoms with Gasteiger partial charge >= 0.3 is 0 Å². The summed E-state index contributed by atoms with van der Waals surface area (Å²) in [6, 6.07) is 15.7. The van der Waals surface area contributed by atoms with E-state index in [1.165, 1.54) is 23.5 Å². The monoisotopic (exact) mass is 404 g/mol. The maximum absolute atomic E-state index is 13.1. The largest absolute Gasteiger partial charge is 0.383 e. The summed E-state index contributed by atoms with van der Waals surface area (Å²) in [7, 11) is -0.538. The van der Waals surface area contributed by atoms with Crippen molar-refractivity contribution in [3.05, 3.63) is 65.7 Å². The number of hydrogen-bond donors (Lipinski definition) is 0. The van der Waals surface area contributed by atoms with Gasteiger partial charge < -0.3 is 9.64 Å². The van der Waals surface area contributed by atoms with Gasteiger partial charge in [0.2, 0.25) is 10.0 Å². The average Bonchev–Trinajstić information content (AvgIpc) is 2.70. The zero-order valence-corrected chi connectivity index (χ0v) is 17.6. The van der Waals surface area contributed by atoms with Gasteiger partial charge in [0.15, 0.2) is 0 Å². The van der Waals surface area contributed by atoms with Crippen LogP contribution in [0.3, 0.4) is 0 Å². The van der Waals surface area contributed by atoms with Crippen LogP contribution in [0.4, 0.5) is 0 Å². The Morgan fingerprint density at radius 3 is 2.36 bits per heavy atom. The van der Waals surface area contributed by atoms with Crippen molar-refractivity contribution in [1.82, 2.24) is 9.21 Å². The van der Waals surface area contributed by atoms with E-state index in [1.54, 1.807) is 38.0 Å². The molecule has 0 aromatic heterocycles. The Bertz CT molecular complexity index is 882. The third kappa shape index (κ3) is 5.41. The number of benzene rings is 2. The fourth-order valence-electron chi connectivity index (χ4n) is 2.67. The van der Waals surface area contributed by atoms with Crippen molar-refractivity contribution in [3.8, 4) is 0 Å². The van der Waals surface area contributed by atoms with Crippen LogP contribution in [-0.2, 0) is 21.3 Å². The van der Waals surface area contributed by atoms with E-state index in [4.69, 9.17) is 4.74 Å². The normalized spacial score (nSPS) is 11.8. The van der Waals surface area contributed by atoms with E-state index < -0.39 is 10.0 Å². The van der Waals surface area contributed by atoms with Gasteiger partial charge in [-0.25, -0.2) is 8.42 Å². The zero-order valence-electron chi connectivity index (χ0n) is 16.8. The molecule has 0 unspecified atom stereocenters. The molecule has 7 heteroatoms. The minimum Gasteiger partial charge on any atom is -0.383 e. The minimum atomic E-state index is -3.66. The van der Waals surface area contributed by atoms with Crippen LogP contribution in [0.5, 0.6) is 0 Å². The molecule has 0 saturated heterocycles. The van der Waals surface area contributed by atoms with Crippen LogP contribution in [0.1, 0.15) is 29.8 Å². The van der Waals surface area contributed by atoms with E-state index in [9.17, 15) is 13.2 Å². The predicted molar refractivity (Wildman–Crippen MR) is 110 cm³/mol. The Balaban J connectivity index is 2.32. The van der Waals surface area contributed by atoms with Gasteiger partial charge in [0.1, 0.15) is 0 Å². The van der Waals surface area contributed by atoms with Crippen LogP contribution >= 0.6 is 0 Å². The highest BCUT2D eigenvalue weighted by Crippen LogP contribution is 2.19. The Morgan fingerprint density at radius 2 is 1.75 bits per heavy atom. The Hall–Kier alpha value is -2.22. The van der Waals surface area contributed by atoms with Gasteiger partial charge in [-0.2, -0.15) is 4.31 Å². The molecule has 0 saturated carbocycles. The first-order valence-corrected chi connectivity index (χ1v) is 10.6. The van der Waals surface area contributed by atoms with Gasteiger partial charge in [0, 0.05) is 38.9 Å². The molecule has 0 fully saturated rings. The quantitative estimate of drug-likeness (QED) is 0.644. The van der Waals surface area contributed by atoms with E-state index in [0.29, 0.717) is 25.3 Å². The molecule has 0 radical (unpaired) electrons. The molecule has 6 nitrogen and oxygen atoms in total. The summed E-state index contributed by atoms with van der Waals surface area (Å²) in [5, 5.41) is 0. The molecule has 0 atom stereocenters. The summed E-state index contributed by atoms with van der Waals surface area (Å²) < 4.78 is 32.0. The summed E-state index contributed by atoms with van der Waals surface area (Å²) in [5.41, 5.74) is 1.33. The third-order valence-corrected chi connectivity index (χ3v) is 6.58. The molecule has 0 spiro atoms. The Kier molecular flexibility index (Phi) is 7.74. The number of carbonyl (C=O) groups excluding carboxylic acids is 1. The van der Waals surface area contributed by atoms with Gasteiger partial charge in [0.05, 0.1) is 11.5 Å². The van der Waals surface area contributed by atoms with Crippen molar-refractivity contribution >= 4 is 15.9 Å². The first-order valence-electron chi connectivity index (χ1n) is 9.17. The standard InChI is InChI=1S/C21H28N2O4S/c1-17(2)22(3)28(25,26)20-12-8-11-19(15-20)21(24)23(13-14-27-4)16-18-9-6-5-7-10-18/h5-12,15,17H,13-14,16H2,1-4H3. The number of amides is 1. The van der Waals surface area contributed by atoms with E-state index in [1.807, 2.05) is 30.3 Å². The fraction of sp³-hybridized carbons (Fsp3) is 0.381. The van der Waals surface area contributed by atoms with Crippen molar-refractivity contribution in [2.45, 2.75) is 31.3 Å². The summed E-state index contributed by atoms with van der Waals surface area (Å²) >= 11 is 0. The van der Waals surface area contributed by atoms with Gasteiger partial charge in [-0.15, -0.1) is 0 Å². The second-order valence-corrected chi connectivity index (χ2v) is 8.85. The lowest BCUT2D eigenvalue weighted by Crippen LogP contribution is -2.34. The molecule has 0 aliphatic carbocycles. The number of rotatable bonds is 9. The SMILES string of the molecule is COCCN(Cc1ccccc1)C(=O)c1cccc(S(=O)(=O)N(C)C(C)C)c1. The zero-order chi connectivity index (χ0) is 20.7. The number of nitrogens with zero attached hydrogens (tertiary/aromatic N) is 2. The van der Waals surface area contributed by atoms with E-state index in [2.05, 4.69) is 0 Å². The highest BCUT2D eigenvalue weighted by atomic mass is 32.2. The van der Waals surface area contributed by atoms with Crippen LogP contribution in [0, 0.1) is 0 Å². The minimum absolute atomic E-state index is 0.112. The highest BCUT2D eigenvalue weighted by Gasteiger charge is 2.25. The van der Waals surface area contributed by atoms with E-state index in [0.717, 1.165) is 5.56 Å². The molecule has 2 aromatic carbocycles. The molecular formula is C21H28N2O4S. The lowest BCUT2D eigenvalue weighted by Gasteiger charge is -2.24. The maximum Gasteiger partial charge on any atom is 0.254 e. The number of ether oxygens (including phenoxy) is 1. The molecule has 2 rings (SSSR count). The number of carbonyl (C=O) groups is 1. The van der Waals surface area contributed by atoms with Gasteiger partial charge in [-0.3, -0.25) is 4.79 Å². The second kappa shape index (κ2) is 9.82. The maximum atomic E-state index is 13.1. The van der Waals surface area contributed by atoms with Crippen LogP contribution in [0.2, 0.25) is 0 Å². The Morgan fingerprint density at radius 1 is 1.07 bits per heavy atom. The van der Waals surface area contributed by atoms with E-state index >= 15 is 0 Å². The Labute approximate surface area is 167 Å². The molecule has 0 N–H and O–H groups in total.